The minimum atomic E-state index is -4.10. The first-order chi connectivity index (χ1) is 6.73. The predicted octanol–water partition coefficient (Wildman–Crippen LogP) is 2.73. The second-order valence-electron chi connectivity index (χ2n) is 4.07. The van der Waals surface area contributed by atoms with Crippen molar-refractivity contribution in [2.45, 2.75) is 51.4 Å². The predicted molar refractivity (Wildman–Crippen MR) is 53.8 cm³/mol. The van der Waals surface area contributed by atoms with E-state index in [2.05, 4.69) is 5.32 Å². The van der Waals surface area contributed by atoms with Crippen molar-refractivity contribution < 1.29 is 17.9 Å². The molecule has 0 spiro atoms. The first kappa shape index (κ1) is 14.7. The molecule has 0 fully saturated rings. The van der Waals surface area contributed by atoms with E-state index in [9.17, 15) is 13.2 Å². The summed E-state index contributed by atoms with van der Waals surface area (Å²) in [4.78, 5) is 0. The van der Waals surface area contributed by atoms with Gasteiger partial charge in [0.25, 0.3) is 0 Å². The number of halogens is 3. The highest BCUT2D eigenvalue weighted by Crippen LogP contribution is 2.26. The van der Waals surface area contributed by atoms with E-state index in [1.54, 1.807) is 13.8 Å². The smallest absolute Gasteiger partial charge is 0.377 e. The van der Waals surface area contributed by atoms with Crippen molar-refractivity contribution in [1.82, 2.24) is 5.32 Å². The fraction of sp³-hybridized carbons (Fsp3) is 1.00. The summed E-state index contributed by atoms with van der Waals surface area (Å²) < 4.78 is 41.4. The maximum atomic E-state index is 12.1. The van der Waals surface area contributed by atoms with Crippen LogP contribution in [0.2, 0.25) is 0 Å². The Kier molecular flexibility index (Phi) is 5.59. The maximum Gasteiger partial charge on any atom is 0.389 e. The highest BCUT2D eigenvalue weighted by molar-refractivity contribution is 4.85. The van der Waals surface area contributed by atoms with Crippen LogP contribution >= 0.6 is 0 Å². The molecule has 0 aromatic rings. The molecule has 1 unspecified atom stereocenters. The molecule has 5 heteroatoms. The van der Waals surface area contributed by atoms with Crippen LogP contribution in [0.15, 0.2) is 0 Å². The Morgan fingerprint density at radius 3 is 2.13 bits per heavy atom. The SMILES string of the molecule is CCNC(CCC(F)(F)F)C(C)(C)OC. The Labute approximate surface area is 89.2 Å². The quantitative estimate of drug-likeness (QED) is 0.753. The van der Waals surface area contributed by atoms with Crippen molar-refractivity contribution in [3.63, 3.8) is 0 Å². The molecular weight excluding hydrogens is 207 g/mol. The van der Waals surface area contributed by atoms with Gasteiger partial charge < -0.3 is 10.1 Å². The summed E-state index contributed by atoms with van der Waals surface area (Å²) in [5, 5.41) is 3.02. The van der Waals surface area contributed by atoms with Crippen LogP contribution in [0, 0.1) is 0 Å². The largest absolute Gasteiger partial charge is 0.389 e. The van der Waals surface area contributed by atoms with Crippen molar-refractivity contribution in [2.24, 2.45) is 0 Å². The molecule has 92 valence electrons. The summed E-state index contributed by atoms with van der Waals surface area (Å²) in [6.07, 6.45) is -4.84. The molecule has 0 saturated carbocycles. The maximum absolute atomic E-state index is 12.1. The fourth-order valence-electron chi connectivity index (χ4n) is 1.39. The van der Waals surface area contributed by atoms with Crippen LogP contribution in [-0.4, -0.2) is 31.5 Å². The standard InChI is InChI=1S/C10H20F3NO/c1-5-14-8(9(2,3)15-4)6-7-10(11,12)13/h8,14H,5-7H2,1-4H3. The number of alkyl halides is 3. The average molecular weight is 227 g/mol. The number of hydrogen-bond acceptors (Lipinski definition) is 2. The molecule has 0 radical (unpaired) electrons. The van der Waals surface area contributed by atoms with Crippen LogP contribution in [0.4, 0.5) is 13.2 Å². The molecule has 15 heavy (non-hydrogen) atoms. The van der Waals surface area contributed by atoms with Crippen LogP contribution in [0.25, 0.3) is 0 Å². The van der Waals surface area contributed by atoms with Gasteiger partial charge in [-0.15, -0.1) is 0 Å². The summed E-state index contributed by atoms with van der Waals surface area (Å²) >= 11 is 0. The Balaban J connectivity index is 4.28. The molecule has 0 aliphatic heterocycles. The lowest BCUT2D eigenvalue weighted by atomic mass is 9.94. The summed E-state index contributed by atoms with van der Waals surface area (Å²) in [6, 6.07) is -0.283. The zero-order valence-corrected chi connectivity index (χ0v) is 9.74. The second-order valence-corrected chi connectivity index (χ2v) is 4.07. The van der Waals surface area contributed by atoms with Gasteiger partial charge in [-0.1, -0.05) is 6.92 Å². The summed E-state index contributed by atoms with van der Waals surface area (Å²) in [6.45, 7) is 6.08. The molecule has 0 heterocycles. The normalized spacial score (nSPS) is 15.4. The van der Waals surface area contributed by atoms with E-state index >= 15 is 0 Å². The monoisotopic (exact) mass is 227 g/mol. The molecule has 0 aliphatic rings. The highest BCUT2D eigenvalue weighted by Gasteiger charge is 2.34. The Morgan fingerprint density at radius 2 is 1.80 bits per heavy atom. The number of rotatable bonds is 6. The van der Waals surface area contributed by atoms with Crippen molar-refractivity contribution >= 4 is 0 Å². The Bertz CT molecular complexity index is 180. The van der Waals surface area contributed by atoms with E-state index in [-0.39, 0.29) is 12.5 Å². The van der Waals surface area contributed by atoms with E-state index in [0.29, 0.717) is 6.54 Å². The first-order valence-corrected chi connectivity index (χ1v) is 5.08. The summed E-state index contributed by atoms with van der Waals surface area (Å²) in [5.41, 5.74) is -0.582. The fourth-order valence-corrected chi connectivity index (χ4v) is 1.39. The third-order valence-corrected chi connectivity index (χ3v) is 2.53. The van der Waals surface area contributed by atoms with Gasteiger partial charge in [0, 0.05) is 19.6 Å². The van der Waals surface area contributed by atoms with Crippen LogP contribution in [-0.2, 0) is 4.74 Å². The van der Waals surface area contributed by atoms with Gasteiger partial charge in [0.05, 0.1) is 5.60 Å². The van der Waals surface area contributed by atoms with Crippen LogP contribution < -0.4 is 5.32 Å². The number of methoxy groups -OCH3 is 1. The first-order valence-electron chi connectivity index (χ1n) is 5.08. The molecule has 0 bridgehead atoms. The molecule has 0 aromatic heterocycles. The van der Waals surface area contributed by atoms with E-state index in [0.717, 1.165) is 0 Å². The van der Waals surface area contributed by atoms with Gasteiger partial charge in [0.15, 0.2) is 0 Å². The zero-order chi connectivity index (χ0) is 12.1. The van der Waals surface area contributed by atoms with Crippen molar-refractivity contribution in [3.8, 4) is 0 Å². The third-order valence-electron chi connectivity index (χ3n) is 2.53. The van der Waals surface area contributed by atoms with Crippen molar-refractivity contribution in [3.05, 3.63) is 0 Å². The van der Waals surface area contributed by atoms with Gasteiger partial charge in [0.1, 0.15) is 0 Å². The number of ether oxygens (including phenoxy) is 1. The highest BCUT2D eigenvalue weighted by atomic mass is 19.4. The Hall–Kier alpha value is -0.290. The second kappa shape index (κ2) is 5.70. The zero-order valence-electron chi connectivity index (χ0n) is 9.74. The molecule has 0 saturated heterocycles. The molecule has 0 rings (SSSR count). The average Bonchev–Trinajstić information content (AvgIpc) is 2.10. The van der Waals surface area contributed by atoms with E-state index in [1.807, 2.05) is 6.92 Å². The van der Waals surface area contributed by atoms with E-state index in [1.165, 1.54) is 7.11 Å². The minimum Gasteiger partial charge on any atom is -0.377 e. The molecular formula is C10H20F3NO. The third kappa shape index (κ3) is 5.99. The van der Waals surface area contributed by atoms with Crippen LogP contribution in [0.3, 0.4) is 0 Å². The number of likely N-dealkylation sites (N-methyl/N-ethyl adjacent to an activating group) is 1. The lowest BCUT2D eigenvalue weighted by Crippen LogP contribution is -2.48. The van der Waals surface area contributed by atoms with Gasteiger partial charge in [-0.05, 0) is 26.8 Å². The van der Waals surface area contributed by atoms with E-state index in [4.69, 9.17) is 4.74 Å². The lowest BCUT2D eigenvalue weighted by molar-refractivity contribution is -0.140. The van der Waals surface area contributed by atoms with Crippen molar-refractivity contribution in [1.29, 1.82) is 0 Å². The van der Waals surface area contributed by atoms with Crippen LogP contribution in [0.1, 0.15) is 33.6 Å². The molecule has 0 aliphatic carbocycles. The molecule has 2 nitrogen and oxygen atoms in total. The van der Waals surface area contributed by atoms with Gasteiger partial charge >= 0.3 is 6.18 Å². The number of nitrogens with one attached hydrogen (secondary N) is 1. The van der Waals surface area contributed by atoms with Gasteiger partial charge in [0.2, 0.25) is 0 Å². The molecule has 1 atom stereocenters. The van der Waals surface area contributed by atoms with Gasteiger partial charge in [-0.3, -0.25) is 0 Å². The molecule has 1 N–H and O–H groups in total. The van der Waals surface area contributed by atoms with E-state index < -0.39 is 18.2 Å². The summed E-state index contributed by atoms with van der Waals surface area (Å²) in [7, 11) is 1.51. The van der Waals surface area contributed by atoms with Gasteiger partial charge in [-0.2, -0.15) is 13.2 Å². The Morgan fingerprint density at radius 1 is 1.27 bits per heavy atom. The lowest BCUT2D eigenvalue weighted by Gasteiger charge is -2.34. The van der Waals surface area contributed by atoms with Crippen LogP contribution in [0.5, 0.6) is 0 Å². The molecule has 0 aromatic carbocycles. The summed E-state index contributed by atoms with van der Waals surface area (Å²) in [5.74, 6) is 0. The topological polar surface area (TPSA) is 21.3 Å². The number of hydrogen-bond donors (Lipinski definition) is 1. The van der Waals surface area contributed by atoms with Crippen molar-refractivity contribution in [2.75, 3.05) is 13.7 Å². The minimum absolute atomic E-state index is 0.0399. The molecule has 0 amide bonds. The van der Waals surface area contributed by atoms with Gasteiger partial charge in [-0.25, -0.2) is 0 Å².